The van der Waals surface area contributed by atoms with E-state index in [4.69, 9.17) is 9.78 Å². The minimum atomic E-state index is -0.156. The summed E-state index contributed by atoms with van der Waals surface area (Å²) in [5.41, 5.74) is 1.38. The van der Waals surface area contributed by atoms with E-state index >= 15 is 0 Å². The first-order valence-corrected chi connectivity index (χ1v) is 7.67. The van der Waals surface area contributed by atoms with Gasteiger partial charge in [-0.2, -0.15) is 10.2 Å². The fourth-order valence-electron chi connectivity index (χ4n) is 2.73. The highest BCUT2D eigenvalue weighted by Gasteiger charge is 2.32. The number of piperazine rings is 1. The van der Waals surface area contributed by atoms with Gasteiger partial charge in [0.2, 0.25) is 5.89 Å². The molecule has 3 rings (SSSR count). The Morgan fingerprint density at radius 1 is 1.33 bits per heavy atom. The van der Waals surface area contributed by atoms with Crippen molar-refractivity contribution >= 4 is 5.91 Å². The van der Waals surface area contributed by atoms with Gasteiger partial charge in [0, 0.05) is 19.6 Å². The number of hydrogen-bond acceptors (Lipinski definition) is 7. The molecule has 0 N–H and O–H groups in total. The molecule has 1 saturated heterocycles. The molecule has 0 aliphatic carbocycles. The molecular weight excluding hydrogens is 308 g/mol. The monoisotopic (exact) mass is 326 g/mol. The molecule has 2 aromatic rings. The maximum Gasteiger partial charge on any atom is 0.272 e. The van der Waals surface area contributed by atoms with Crippen LogP contribution in [-0.4, -0.2) is 57.5 Å². The molecule has 1 amide bonds. The summed E-state index contributed by atoms with van der Waals surface area (Å²) in [6.45, 7) is 5.25. The van der Waals surface area contributed by atoms with Crippen molar-refractivity contribution in [1.82, 2.24) is 24.9 Å². The summed E-state index contributed by atoms with van der Waals surface area (Å²) in [6, 6.07) is 5.14. The summed E-state index contributed by atoms with van der Waals surface area (Å²) < 4.78 is 5.26. The Labute approximate surface area is 139 Å². The molecule has 1 atom stereocenters. The van der Waals surface area contributed by atoms with E-state index in [-0.39, 0.29) is 11.9 Å². The average molecular weight is 326 g/mol. The highest BCUT2D eigenvalue weighted by atomic mass is 16.5. The van der Waals surface area contributed by atoms with Crippen LogP contribution in [0.5, 0.6) is 0 Å². The molecule has 0 aromatic carbocycles. The molecule has 1 aliphatic rings. The number of aryl methyl sites for hydroxylation is 2. The Hall–Kier alpha value is -2.79. The Bertz CT molecular complexity index is 809. The molecule has 0 saturated carbocycles. The lowest BCUT2D eigenvalue weighted by Crippen LogP contribution is -2.49. The number of amides is 1. The number of aromatic nitrogens is 3. The van der Waals surface area contributed by atoms with Crippen molar-refractivity contribution in [3.8, 4) is 6.07 Å². The van der Waals surface area contributed by atoms with E-state index < -0.39 is 0 Å². The van der Waals surface area contributed by atoms with Crippen LogP contribution in [0.15, 0.2) is 16.7 Å². The van der Waals surface area contributed by atoms with Gasteiger partial charge in [-0.05, 0) is 33.0 Å². The molecule has 24 heavy (non-hydrogen) atoms. The zero-order valence-electron chi connectivity index (χ0n) is 13.9. The third kappa shape index (κ3) is 2.98. The highest BCUT2D eigenvalue weighted by Crippen LogP contribution is 2.23. The molecular formula is C16H18N6O2. The van der Waals surface area contributed by atoms with Crippen LogP contribution in [-0.2, 0) is 0 Å². The molecule has 0 bridgehead atoms. The Balaban J connectivity index is 1.80. The van der Waals surface area contributed by atoms with Crippen LogP contribution in [0.4, 0.5) is 0 Å². The summed E-state index contributed by atoms with van der Waals surface area (Å²) in [7, 11) is 1.97. The molecule has 0 radical (unpaired) electrons. The average Bonchev–Trinajstić information content (AvgIpc) is 3.01. The summed E-state index contributed by atoms with van der Waals surface area (Å²) in [6.07, 6.45) is 0. The number of carbonyl (C=O) groups is 1. The number of likely N-dealkylation sites (N-methyl/N-ethyl adjacent to an activating group) is 1. The van der Waals surface area contributed by atoms with E-state index in [1.54, 1.807) is 30.9 Å². The zero-order chi connectivity index (χ0) is 17.3. The number of pyridine rings is 1. The normalized spacial score (nSPS) is 18.4. The molecule has 2 aromatic heterocycles. The lowest BCUT2D eigenvalue weighted by atomic mass is 10.1. The summed E-state index contributed by atoms with van der Waals surface area (Å²) in [5.74, 6) is 0.930. The van der Waals surface area contributed by atoms with E-state index in [2.05, 4.69) is 26.1 Å². The van der Waals surface area contributed by atoms with Crippen LogP contribution in [0.1, 0.15) is 39.5 Å². The number of rotatable bonds is 2. The van der Waals surface area contributed by atoms with E-state index in [1.807, 2.05) is 7.05 Å². The summed E-state index contributed by atoms with van der Waals surface area (Å²) in [5, 5.41) is 12.8. The van der Waals surface area contributed by atoms with Crippen LogP contribution < -0.4 is 0 Å². The SMILES string of the molecule is Cc1noc(C2CN(C(=O)c3ccc(C#N)c(C)n3)CCN2C)n1. The predicted molar refractivity (Wildman–Crippen MR) is 84.0 cm³/mol. The van der Waals surface area contributed by atoms with Crippen molar-refractivity contribution in [2.24, 2.45) is 0 Å². The standard InChI is InChI=1S/C16H18N6O2/c1-10-12(8-17)4-5-13(18-10)16(23)22-7-6-21(3)14(9-22)15-19-11(2)20-24-15/h4-5,14H,6-7,9H2,1-3H3. The van der Waals surface area contributed by atoms with E-state index in [0.29, 0.717) is 48.3 Å². The largest absolute Gasteiger partial charge is 0.338 e. The topological polar surface area (TPSA) is 99.1 Å². The van der Waals surface area contributed by atoms with Crippen LogP contribution in [0.2, 0.25) is 0 Å². The van der Waals surface area contributed by atoms with Gasteiger partial charge in [0.1, 0.15) is 17.8 Å². The predicted octanol–water partition coefficient (Wildman–Crippen LogP) is 1.08. The molecule has 8 heteroatoms. The Morgan fingerprint density at radius 3 is 2.75 bits per heavy atom. The van der Waals surface area contributed by atoms with Crippen LogP contribution in [0.25, 0.3) is 0 Å². The number of nitrogens with zero attached hydrogens (tertiary/aromatic N) is 6. The Morgan fingerprint density at radius 2 is 2.12 bits per heavy atom. The second-order valence-corrected chi connectivity index (χ2v) is 5.87. The number of nitriles is 1. The maximum atomic E-state index is 12.7. The second-order valence-electron chi connectivity index (χ2n) is 5.87. The van der Waals surface area contributed by atoms with Gasteiger partial charge in [0.25, 0.3) is 5.91 Å². The fourth-order valence-corrected chi connectivity index (χ4v) is 2.73. The third-order valence-corrected chi connectivity index (χ3v) is 4.19. The van der Waals surface area contributed by atoms with Crippen LogP contribution in [0.3, 0.4) is 0 Å². The van der Waals surface area contributed by atoms with Gasteiger partial charge in [0.05, 0.1) is 11.3 Å². The van der Waals surface area contributed by atoms with Gasteiger partial charge in [-0.25, -0.2) is 4.98 Å². The van der Waals surface area contributed by atoms with Gasteiger partial charge < -0.3 is 9.42 Å². The van der Waals surface area contributed by atoms with Gasteiger partial charge in [-0.3, -0.25) is 9.69 Å². The van der Waals surface area contributed by atoms with E-state index in [0.717, 1.165) is 0 Å². The zero-order valence-corrected chi connectivity index (χ0v) is 13.9. The molecule has 124 valence electrons. The first-order chi connectivity index (χ1) is 11.5. The minimum absolute atomic E-state index is 0.136. The first kappa shape index (κ1) is 16.1. The van der Waals surface area contributed by atoms with Crippen molar-refractivity contribution in [3.63, 3.8) is 0 Å². The maximum absolute atomic E-state index is 12.7. The van der Waals surface area contributed by atoms with Crippen LogP contribution in [0, 0.1) is 25.2 Å². The van der Waals surface area contributed by atoms with Gasteiger partial charge in [0.15, 0.2) is 5.82 Å². The molecule has 3 heterocycles. The molecule has 1 fully saturated rings. The molecule has 8 nitrogen and oxygen atoms in total. The van der Waals surface area contributed by atoms with Gasteiger partial charge >= 0.3 is 0 Å². The summed E-state index contributed by atoms with van der Waals surface area (Å²) >= 11 is 0. The van der Waals surface area contributed by atoms with Crippen molar-refractivity contribution in [2.75, 3.05) is 26.7 Å². The van der Waals surface area contributed by atoms with E-state index in [1.165, 1.54) is 0 Å². The lowest BCUT2D eigenvalue weighted by Gasteiger charge is -2.37. The minimum Gasteiger partial charge on any atom is -0.338 e. The Kier molecular flexibility index (Phi) is 4.27. The smallest absolute Gasteiger partial charge is 0.272 e. The van der Waals surface area contributed by atoms with E-state index in [9.17, 15) is 4.79 Å². The second kappa shape index (κ2) is 6.37. The van der Waals surface area contributed by atoms with Crippen molar-refractivity contribution < 1.29 is 9.32 Å². The molecule has 1 aliphatic heterocycles. The highest BCUT2D eigenvalue weighted by molar-refractivity contribution is 5.92. The quantitative estimate of drug-likeness (QED) is 0.814. The molecule has 1 unspecified atom stereocenters. The number of hydrogen-bond donors (Lipinski definition) is 0. The van der Waals surface area contributed by atoms with Gasteiger partial charge in [-0.15, -0.1) is 0 Å². The third-order valence-electron chi connectivity index (χ3n) is 4.19. The first-order valence-electron chi connectivity index (χ1n) is 7.67. The van der Waals surface area contributed by atoms with Crippen molar-refractivity contribution in [2.45, 2.75) is 19.9 Å². The van der Waals surface area contributed by atoms with Crippen molar-refractivity contribution in [3.05, 3.63) is 40.8 Å². The van der Waals surface area contributed by atoms with Gasteiger partial charge in [-0.1, -0.05) is 5.16 Å². The van der Waals surface area contributed by atoms with Crippen molar-refractivity contribution in [1.29, 1.82) is 5.26 Å². The lowest BCUT2D eigenvalue weighted by molar-refractivity contribution is 0.0483. The number of carbonyl (C=O) groups excluding carboxylic acids is 1. The van der Waals surface area contributed by atoms with Crippen LogP contribution >= 0.6 is 0 Å². The molecule has 0 spiro atoms. The fraction of sp³-hybridized carbons (Fsp3) is 0.438. The summed E-state index contributed by atoms with van der Waals surface area (Å²) in [4.78, 5) is 25.1.